The van der Waals surface area contributed by atoms with Crippen LogP contribution in [0.2, 0.25) is 0 Å². The molecule has 150 valence electrons. The van der Waals surface area contributed by atoms with E-state index in [1.165, 1.54) is 26.2 Å². The summed E-state index contributed by atoms with van der Waals surface area (Å²) in [6.45, 7) is 6.90. The molecule has 7 heteroatoms. The molecule has 0 saturated heterocycles. The minimum atomic E-state index is -3.68. The number of Topliss-reactive ketones (excluding diaryl/α,β-unsaturated/α-hetero) is 1. The Kier molecular flexibility index (Phi) is 6.41. The highest BCUT2D eigenvalue weighted by atomic mass is 32.2. The van der Waals surface area contributed by atoms with E-state index in [9.17, 15) is 18.0 Å². The maximum absolute atomic E-state index is 12.6. The van der Waals surface area contributed by atoms with Crippen molar-refractivity contribution >= 4 is 21.8 Å². The molecule has 0 bridgehead atoms. The largest absolute Gasteiger partial charge is 0.454 e. The van der Waals surface area contributed by atoms with Crippen molar-refractivity contribution in [2.45, 2.75) is 32.6 Å². The number of aryl methyl sites for hydroxylation is 4. The molecule has 0 radical (unpaired) electrons. The maximum atomic E-state index is 12.6. The van der Waals surface area contributed by atoms with Crippen molar-refractivity contribution in [2.24, 2.45) is 0 Å². The second-order valence-corrected chi connectivity index (χ2v) is 9.19. The summed E-state index contributed by atoms with van der Waals surface area (Å²) in [5.41, 5.74) is 3.94. The van der Waals surface area contributed by atoms with Gasteiger partial charge < -0.3 is 4.74 Å². The number of hydrogen-bond acceptors (Lipinski definition) is 5. The lowest BCUT2D eigenvalue weighted by Gasteiger charge is -2.14. The number of esters is 1. The maximum Gasteiger partial charge on any atom is 0.338 e. The molecule has 0 aliphatic heterocycles. The molecule has 0 N–H and O–H groups in total. The van der Waals surface area contributed by atoms with Crippen LogP contribution in [0.3, 0.4) is 0 Å². The predicted octanol–water partition coefficient (Wildman–Crippen LogP) is 3.21. The van der Waals surface area contributed by atoms with Gasteiger partial charge in [0.05, 0.1) is 10.5 Å². The Morgan fingerprint density at radius 2 is 1.50 bits per heavy atom. The van der Waals surface area contributed by atoms with Crippen LogP contribution in [0.5, 0.6) is 0 Å². The van der Waals surface area contributed by atoms with Gasteiger partial charge in [-0.25, -0.2) is 17.5 Å². The van der Waals surface area contributed by atoms with Gasteiger partial charge in [0.2, 0.25) is 15.8 Å². The monoisotopic (exact) mass is 403 g/mol. The van der Waals surface area contributed by atoms with Gasteiger partial charge in [0.25, 0.3) is 0 Å². The third-order valence-corrected chi connectivity index (χ3v) is 6.31. The van der Waals surface area contributed by atoms with Crippen LogP contribution < -0.4 is 0 Å². The van der Waals surface area contributed by atoms with Crippen LogP contribution in [0.4, 0.5) is 0 Å². The lowest BCUT2D eigenvalue weighted by molar-refractivity contribution is 0.0473. The molecule has 0 fully saturated rings. The molecule has 28 heavy (non-hydrogen) atoms. The average Bonchev–Trinajstić information content (AvgIpc) is 2.58. The summed E-state index contributed by atoms with van der Waals surface area (Å²) in [7, 11) is -0.851. The summed E-state index contributed by atoms with van der Waals surface area (Å²) < 4.78 is 30.8. The molecular formula is C21H25NO5S. The lowest BCUT2D eigenvalue weighted by Crippen LogP contribution is -2.23. The van der Waals surface area contributed by atoms with E-state index < -0.39 is 22.6 Å². The smallest absolute Gasteiger partial charge is 0.338 e. The Morgan fingerprint density at radius 3 is 2.04 bits per heavy atom. The molecule has 0 aliphatic carbocycles. The highest BCUT2D eigenvalue weighted by Gasteiger charge is 2.22. The van der Waals surface area contributed by atoms with Crippen molar-refractivity contribution in [1.29, 1.82) is 0 Å². The van der Waals surface area contributed by atoms with Crippen molar-refractivity contribution < 1.29 is 22.7 Å². The summed E-state index contributed by atoms with van der Waals surface area (Å²) in [6, 6.07) is 8.07. The van der Waals surface area contributed by atoms with Gasteiger partial charge in [-0.3, -0.25) is 4.79 Å². The van der Waals surface area contributed by atoms with Crippen LogP contribution in [0.15, 0.2) is 35.2 Å². The molecule has 0 saturated carbocycles. The van der Waals surface area contributed by atoms with Crippen molar-refractivity contribution in [2.75, 3.05) is 20.7 Å². The first-order valence-corrected chi connectivity index (χ1v) is 10.2. The number of hydrogen-bond donors (Lipinski definition) is 0. The fourth-order valence-electron chi connectivity index (χ4n) is 3.09. The Bertz CT molecular complexity index is 1020. The molecule has 0 amide bonds. The Balaban J connectivity index is 2.23. The number of ether oxygens (including phenoxy) is 1. The van der Waals surface area contributed by atoms with Crippen molar-refractivity contribution in [3.05, 3.63) is 63.7 Å². The van der Waals surface area contributed by atoms with E-state index in [2.05, 4.69) is 0 Å². The second kappa shape index (κ2) is 8.24. The zero-order chi connectivity index (χ0) is 21.2. The highest BCUT2D eigenvalue weighted by Crippen LogP contribution is 2.20. The summed E-state index contributed by atoms with van der Waals surface area (Å²) in [6.07, 6.45) is 0. The standard InChI is InChI=1S/C21H25NO5S/c1-13-9-15(3)20(16(4)10-13)19(23)12-27-21(24)18-11-17(8-7-14(18)2)28(25,26)22(5)6/h7-11H,12H2,1-6H3. The topological polar surface area (TPSA) is 80.8 Å². The van der Waals surface area contributed by atoms with E-state index in [1.54, 1.807) is 13.0 Å². The van der Waals surface area contributed by atoms with Crippen LogP contribution in [-0.4, -0.2) is 45.2 Å². The predicted molar refractivity (Wildman–Crippen MR) is 107 cm³/mol. The minimum Gasteiger partial charge on any atom is -0.454 e. The van der Waals surface area contributed by atoms with Gasteiger partial charge in [-0.05, 0) is 56.5 Å². The average molecular weight is 404 g/mol. The molecule has 2 aromatic rings. The van der Waals surface area contributed by atoms with E-state index >= 15 is 0 Å². The number of ketones is 1. The van der Waals surface area contributed by atoms with Gasteiger partial charge in [-0.15, -0.1) is 0 Å². The first-order chi connectivity index (χ1) is 12.9. The SMILES string of the molecule is Cc1cc(C)c(C(=O)COC(=O)c2cc(S(=O)(=O)N(C)C)ccc2C)c(C)c1. The third kappa shape index (κ3) is 4.48. The molecule has 0 unspecified atom stereocenters. The Hall–Kier alpha value is -2.51. The van der Waals surface area contributed by atoms with E-state index in [-0.39, 0.29) is 16.2 Å². The first kappa shape index (κ1) is 21.8. The van der Waals surface area contributed by atoms with Crippen molar-refractivity contribution in [1.82, 2.24) is 4.31 Å². The van der Waals surface area contributed by atoms with Crippen molar-refractivity contribution in [3.8, 4) is 0 Å². The van der Waals surface area contributed by atoms with E-state index in [0.29, 0.717) is 11.1 Å². The fraction of sp³-hybridized carbons (Fsp3) is 0.333. The quantitative estimate of drug-likeness (QED) is 0.546. The minimum absolute atomic E-state index is 0.00778. The first-order valence-electron chi connectivity index (χ1n) is 8.76. The number of nitrogens with zero attached hydrogens (tertiary/aromatic N) is 1. The molecule has 6 nitrogen and oxygen atoms in total. The zero-order valence-electron chi connectivity index (χ0n) is 17.0. The van der Waals surface area contributed by atoms with E-state index in [1.807, 2.05) is 32.9 Å². The molecule has 0 aromatic heterocycles. The molecule has 2 rings (SSSR count). The van der Waals surface area contributed by atoms with Gasteiger partial charge in [0.1, 0.15) is 0 Å². The molecule has 2 aromatic carbocycles. The Morgan fingerprint density at radius 1 is 0.929 bits per heavy atom. The molecule has 0 aliphatic rings. The number of carbonyl (C=O) groups excluding carboxylic acids is 2. The fourth-order valence-corrected chi connectivity index (χ4v) is 4.02. The van der Waals surface area contributed by atoms with E-state index in [4.69, 9.17) is 4.74 Å². The summed E-state index contributed by atoms with van der Waals surface area (Å²) >= 11 is 0. The number of rotatable bonds is 6. The zero-order valence-corrected chi connectivity index (χ0v) is 17.8. The van der Waals surface area contributed by atoms with Gasteiger partial charge in [0.15, 0.2) is 6.61 Å². The van der Waals surface area contributed by atoms with Gasteiger partial charge in [-0.1, -0.05) is 23.8 Å². The Labute approximate surface area is 166 Å². The summed E-state index contributed by atoms with van der Waals surface area (Å²) in [5.74, 6) is -1.03. The second-order valence-electron chi connectivity index (χ2n) is 7.04. The molecule has 0 heterocycles. The molecular weight excluding hydrogens is 378 g/mol. The van der Waals surface area contributed by atoms with Crippen LogP contribution in [0.25, 0.3) is 0 Å². The third-order valence-electron chi connectivity index (χ3n) is 4.50. The number of sulfonamides is 1. The molecule has 0 atom stereocenters. The van der Waals surface area contributed by atoms with Gasteiger partial charge in [0, 0.05) is 19.7 Å². The van der Waals surface area contributed by atoms with Gasteiger partial charge >= 0.3 is 5.97 Å². The van der Waals surface area contributed by atoms with Crippen LogP contribution in [0, 0.1) is 27.7 Å². The van der Waals surface area contributed by atoms with Crippen LogP contribution >= 0.6 is 0 Å². The van der Waals surface area contributed by atoms with Gasteiger partial charge in [-0.2, -0.15) is 0 Å². The normalized spacial score (nSPS) is 11.5. The van der Waals surface area contributed by atoms with Crippen LogP contribution in [0.1, 0.15) is 43.0 Å². The highest BCUT2D eigenvalue weighted by molar-refractivity contribution is 7.89. The molecule has 0 spiro atoms. The summed E-state index contributed by atoms with van der Waals surface area (Å²) in [5, 5.41) is 0. The number of benzene rings is 2. The van der Waals surface area contributed by atoms with E-state index in [0.717, 1.165) is 21.0 Å². The lowest BCUT2D eigenvalue weighted by atomic mass is 9.97. The van der Waals surface area contributed by atoms with Crippen LogP contribution in [-0.2, 0) is 14.8 Å². The number of carbonyl (C=O) groups is 2. The van der Waals surface area contributed by atoms with Crippen molar-refractivity contribution in [3.63, 3.8) is 0 Å². The summed E-state index contributed by atoms with van der Waals surface area (Å²) in [4.78, 5) is 25.0.